The normalized spacial score (nSPS) is 12.1. The van der Waals surface area contributed by atoms with Crippen molar-refractivity contribution in [2.45, 2.75) is 18.7 Å². The molecule has 0 aliphatic rings. The lowest BCUT2D eigenvalue weighted by Crippen LogP contribution is -2.39. The Bertz CT molecular complexity index is 1230. The molecule has 178 valence electrons. The van der Waals surface area contributed by atoms with Crippen LogP contribution < -0.4 is 15.4 Å². The number of hydrogen-bond acceptors (Lipinski definition) is 5. The summed E-state index contributed by atoms with van der Waals surface area (Å²) < 4.78 is 28.2. The average molecular weight is 500 g/mol. The van der Waals surface area contributed by atoms with Crippen LogP contribution in [0.1, 0.15) is 24.2 Å². The zero-order chi connectivity index (χ0) is 24.6. The highest BCUT2D eigenvalue weighted by Gasteiger charge is 2.21. The highest BCUT2D eigenvalue weighted by Crippen LogP contribution is 2.16. The number of carbonyl (C=O) groups excluding carboxylic acids is 1. The van der Waals surface area contributed by atoms with Crippen molar-refractivity contribution in [3.8, 4) is 0 Å². The number of halogens is 1. The minimum absolute atomic E-state index is 0.0500. The molecule has 0 bridgehead atoms. The Morgan fingerprint density at radius 1 is 1.03 bits per heavy atom. The van der Waals surface area contributed by atoms with Gasteiger partial charge < -0.3 is 10.6 Å². The molecule has 0 unspecified atom stereocenters. The first-order valence-corrected chi connectivity index (χ1v) is 12.3. The molecule has 1 aromatic heterocycles. The molecule has 2 aromatic carbocycles. The Morgan fingerprint density at radius 2 is 1.74 bits per heavy atom. The van der Waals surface area contributed by atoms with Crippen LogP contribution >= 0.6 is 11.6 Å². The van der Waals surface area contributed by atoms with E-state index in [2.05, 4.69) is 25.3 Å². The number of aliphatic imine (C=N–C) groups is 1. The molecule has 3 aromatic rings. The van der Waals surface area contributed by atoms with Crippen molar-refractivity contribution < 1.29 is 13.2 Å². The maximum Gasteiger partial charge on any atom is 0.264 e. The van der Waals surface area contributed by atoms with Gasteiger partial charge in [-0.05, 0) is 48.5 Å². The number of amides is 1. The summed E-state index contributed by atoms with van der Waals surface area (Å²) in [5, 5.41) is 6.41. The van der Waals surface area contributed by atoms with Crippen LogP contribution in [0.4, 0.5) is 5.69 Å². The number of nitrogens with zero attached hydrogens (tertiary/aromatic N) is 2. The minimum atomic E-state index is -3.86. The number of aromatic nitrogens is 1. The van der Waals surface area contributed by atoms with Crippen molar-refractivity contribution >= 4 is 39.2 Å². The summed E-state index contributed by atoms with van der Waals surface area (Å²) in [5.41, 5.74) is 0.603. The van der Waals surface area contributed by atoms with Gasteiger partial charge in [0.2, 0.25) is 5.96 Å². The van der Waals surface area contributed by atoms with E-state index in [-0.39, 0.29) is 23.3 Å². The van der Waals surface area contributed by atoms with Gasteiger partial charge in [-0.15, -0.1) is 0 Å². The van der Waals surface area contributed by atoms with E-state index >= 15 is 0 Å². The largest absolute Gasteiger partial charge is 0.351 e. The Kier molecular flexibility index (Phi) is 8.25. The fourth-order valence-electron chi connectivity index (χ4n) is 2.83. The number of benzene rings is 2. The molecule has 3 N–H and O–H groups in total. The minimum Gasteiger partial charge on any atom is -0.351 e. The van der Waals surface area contributed by atoms with Crippen LogP contribution in [0.15, 0.2) is 89.0 Å². The van der Waals surface area contributed by atoms with E-state index in [0.717, 1.165) is 0 Å². The van der Waals surface area contributed by atoms with Gasteiger partial charge in [0.1, 0.15) is 0 Å². The third-order valence-electron chi connectivity index (χ3n) is 4.71. The van der Waals surface area contributed by atoms with Crippen molar-refractivity contribution in [3.63, 3.8) is 0 Å². The molecule has 1 heterocycles. The molecule has 0 fully saturated rings. The molecule has 0 spiro atoms. The monoisotopic (exact) mass is 499 g/mol. The van der Waals surface area contributed by atoms with E-state index in [4.69, 9.17) is 11.6 Å². The van der Waals surface area contributed by atoms with Gasteiger partial charge in [-0.25, -0.2) is 13.1 Å². The van der Waals surface area contributed by atoms with E-state index in [1.165, 1.54) is 12.1 Å². The lowest BCUT2D eigenvalue weighted by atomic mass is 9.93. The maximum atomic E-state index is 12.8. The molecule has 0 aliphatic carbocycles. The maximum absolute atomic E-state index is 12.8. The summed E-state index contributed by atoms with van der Waals surface area (Å²) in [6.45, 7) is 4.40. The van der Waals surface area contributed by atoms with Crippen LogP contribution in [-0.2, 0) is 10.0 Å². The van der Waals surface area contributed by atoms with Crippen molar-refractivity contribution in [1.82, 2.24) is 15.0 Å². The van der Waals surface area contributed by atoms with Gasteiger partial charge in [0.15, 0.2) is 0 Å². The molecule has 3 rings (SSSR count). The first kappa shape index (κ1) is 25.2. The molecular formula is C24H26ClN5O3S. The number of pyridine rings is 1. The first-order valence-electron chi connectivity index (χ1n) is 10.5. The van der Waals surface area contributed by atoms with E-state index in [0.29, 0.717) is 22.8 Å². The quantitative estimate of drug-likeness (QED) is 0.321. The van der Waals surface area contributed by atoms with Gasteiger partial charge in [-0.3, -0.25) is 14.8 Å². The summed E-state index contributed by atoms with van der Waals surface area (Å²) in [5.74, 6) is -0.179. The summed E-state index contributed by atoms with van der Waals surface area (Å²) >= 11 is 5.87. The van der Waals surface area contributed by atoms with Gasteiger partial charge in [0, 0.05) is 35.3 Å². The first-order chi connectivity index (χ1) is 16.1. The van der Waals surface area contributed by atoms with Crippen LogP contribution in [0.5, 0.6) is 0 Å². The van der Waals surface area contributed by atoms with E-state index < -0.39 is 15.4 Å². The lowest BCUT2D eigenvalue weighted by molar-refractivity contribution is 0.0938. The Labute approximate surface area is 204 Å². The number of carbonyl (C=O) groups is 1. The number of nitrogens with one attached hydrogen (secondary N) is 3. The topological polar surface area (TPSA) is 113 Å². The number of sulfonamides is 1. The van der Waals surface area contributed by atoms with E-state index in [1.807, 2.05) is 13.8 Å². The van der Waals surface area contributed by atoms with Crippen LogP contribution in [0.2, 0.25) is 5.02 Å². The SMILES string of the molecule is CC(C)(CN=C(Nc1cccnc1)NS(=O)(=O)c1ccccc1)CNC(=O)c1ccc(Cl)cc1. The fraction of sp³-hybridized carbons (Fsp3) is 0.208. The van der Waals surface area contributed by atoms with E-state index in [1.54, 1.807) is 67.0 Å². The van der Waals surface area contributed by atoms with Crippen molar-refractivity contribution in [2.24, 2.45) is 10.4 Å². The van der Waals surface area contributed by atoms with Crippen LogP contribution in [-0.4, -0.2) is 38.4 Å². The number of rotatable bonds is 8. The Morgan fingerprint density at radius 3 is 2.38 bits per heavy atom. The molecule has 0 aliphatic heterocycles. The van der Waals surface area contributed by atoms with Crippen LogP contribution in [0, 0.1) is 5.41 Å². The third-order valence-corrected chi connectivity index (χ3v) is 6.31. The highest BCUT2D eigenvalue weighted by molar-refractivity contribution is 7.90. The second-order valence-corrected chi connectivity index (χ2v) is 10.4. The van der Waals surface area contributed by atoms with Crippen LogP contribution in [0.3, 0.4) is 0 Å². The molecule has 0 atom stereocenters. The van der Waals surface area contributed by atoms with E-state index in [9.17, 15) is 13.2 Å². The molecule has 0 saturated carbocycles. The molecular weight excluding hydrogens is 474 g/mol. The third kappa shape index (κ3) is 7.57. The number of guanidine groups is 1. The average Bonchev–Trinajstić information content (AvgIpc) is 2.83. The second kappa shape index (κ2) is 11.1. The van der Waals surface area contributed by atoms with Crippen molar-refractivity contribution in [1.29, 1.82) is 0 Å². The summed E-state index contributed by atoms with van der Waals surface area (Å²) in [6.07, 6.45) is 3.17. The predicted molar refractivity (Wildman–Crippen MR) is 134 cm³/mol. The summed E-state index contributed by atoms with van der Waals surface area (Å²) in [4.78, 5) is 21.1. The van der Waals surface area contributed by atoms with Crippen molar-refractivity contribution in [2.75, 3.05) is 18.4 Å². The van der Waals surface area contributed by atoms with Gasteiger partial charge >= 0.3 is 0 Å². The van der Waals surface area contributed by atoms with Crippen LogP contribution in [0.25, 0.3) is 0 Å². The molecule has 0 saturated heterocycles. The van der Waals surface area contributed by atoms with Gasteiger partial charge in [-0.1, -0.05) is 43.6 Å². The molecule has 8 nitrogen and oxygen atoms in total. The fourth-order valence-corrected chi connectivity index (χ4v) is 3.96. The zero-order valence-corrected chi connectivity index (χ0v) is 20.4. The van der Waals surface area contributed by atoms with Gasteiger partial charge in [0.05, 0.1) is 16.8 Å². The van der Waals surface area contributed by atoms with Gasteiger partial charge in [0.25, 0.3) is 15.9 Å². The Hall–Kier alpha value is -3.43. The molecule has 0 radical (unpaired) electrons. The van der Waals surface area contributed by atoms with Crippen molar-refractivity contribution in [3.05, 3.63) is 89.7 Å². The predicted octanol–water partition coefficient (Wildman–Crippen LogP) is 3.94. The highest BCUT2D eigenvalue weighted by atomic mass is 35.5. The standard InChI is InChI=1S/C24H26ClN5O3S/c1-24(2,16-27-22(31)18-10-12-19(25)13-11-18)17-28-23(29-20-7-6-14-26-15-20)30-34(32,33)21-8-4-3-5-9-21/h3-15H,16-17H2,1-2H3,(H,27,31)(H2,28,29,30). The Balaban J connectivity index is 1.72. The molecule has 1 amide bonds. The molecule has 34 heavy (non-hydrogen) atoms. The number of anilines is 1. The lowest BCUT2D eigenvalue weighted by Gasteiger charge is -2.24. The summed E-state index contributed by atoms with van der Waals surface area (Å²) in [7, 11) is -3.86. The number of hydrogen-bond donors (Lipinski definition) is 3. The zero-order valence-electron chi connectivity index (χ0n) is 18.8. The smallest absolute Gasteiger partial charge is 0.264 e. The summed E-state index contributed by atoms with van der Waals surface area (Å²) in [6, 6.07) is 18.1. The second-order valence-electron chi connectivity index (χ2n) is 8.30. The molecule has 10 heteroatoms. The van der Waals surface area contributed by atoms with Gasteiger partial charge in [-0.2, -0.15) is 0 Å².